The molecule has 40 heavy (non-hydrogen) atoms. The van der Waals surface area contributed by atoms with E-state index in [4.69, 9.17) is 10.2 Å². The van der Waals surface area contributed by atoms with E-state index >= 15 is 0 Å². The molecule has 0 unspecified atom stereocenters. The summed E-state index contributed by atoms with van der Waals surface area (Å²) < 4.78 is 0. The van der Waals surface area contributed by atoms with E-state index in [0.29, 0.717) is 37.4 Å². The summed E-state index contributed by atoms with van der Waals surface area (Å²) in [6.07, 6.45) is 8.52. The number of hydrogen-bond acceptors (Lipinski definition) is 8. The number of likely N-dealkylation sites (N-methyl/N-ethyl adjacent to an activating group) is 2. The Balaban J connectivity index is 1.53. The molecule has 1 aliphatic heterocycles. The monoisotopic (exact) mass is 542 g/mol. The predicted molar refractivity (Wildman–Crippen MR) is 157 cm³/mol. The normalized spacial score (nSPS) is 13.4. The molecule has 1 aromatic heterocycles. The minimum atomic E-state index is -0.570. The number of aromatic nitrogens is 2. The van der Waals surface area contributed by atoms with Crippen LogP contribution in [0.15, 0.2) is 42.6 Å². The van der Waals surface area contributed by atoms with Crippen LogP contribution in [0.25, 0.3) is 0 Å². The van der Waals surface area contributed by atoms with Crippen molar-refractivity contribution >= 4 is 29.3 Å². The van der Waals surface area contributed by atoms with E-state index in [-0.39, 0.29) is 11.8 Å². The number of unbranched alkanes of at least 4 members (excludes halogenated alkanes) is 1. The predicted octanol–water partition coefficient (Wildman–Crippen LogP) is 2.90. The third kappa shape index (κ3) is 9.11. The lowest BCUT2D eigenvalue weighted by Crippen LogP contribution is -2.45. The molecule has 0 spiro atoms. The first-order valence-electron chi connectivity index (χ1n) is 13.5. The Morgan fingerprint density at radius 1 is 1.18 bits per heavy atom. The molecule has 2 heterocycles. The molecule has 10 nitrogen and oxygen atoms in total. The maximum Gasteiger partial charge on any atom is 0.246 e. The molecule has 2 amide bonds. The number of nitriles is 1. The SMILES string of the molecule is C[C@@H](C(=O)NCCCC#Cc1cnc(Nc2ccc(C#N)cc2)nc1N1CCCC1)N(C)C(=O)/C=C/CN(C)C. The van der Waals surface area contributed by atoms with E-state index in [2.05, 4.69) is 38.4 Å². The zero-order chi connectivity index (χ0) is 28.9. The molecule has 1 atom stereocenters. The van der Waals surface area contributed by atoms with Crippen molar-refractivity contribution in [1.29, 1.82) is 5.26 Å². The van der Waals surface area contributed by atoms with Crippen molar-refractivity contribution in [3.05, 3.63) is 53.7 Å². The summed E-state index contributed by atoms with van der Waals surface area (Å²) >= 11 is 0. The molecule has 1 saturated heterocycles. The van der Waals surface area contributed by atoms with Gasteiger partial charge in [-0.3, -0.25) is 9.59 Å². The summed E-state index contributed by atoms with van der Waals surface area (Å²) in [4.78, 5) is 39.6. The van der Waals surface area contributed by atoms with Crippen molar-refractivity contribution in [2.24, 2.45) is 0 Å². The number of rotatable bonds is 11. The molecule has 10 heteroatoms. The quantitative estimate of drug-likeness (QED) is 0.253. The highest BCUT2D eigenvalue weighted by molar-refractivity contribution is 5.92. The smallest absolute Gasteiger partial charge is 0.246 e. The molecule has 0 aliphatic carbocycles. The highest BCUT2D eigenvalue weighted by Crippen LogP contribution is 2.24. The number of anilines is 3. The van der Waals surface area contributed by atoms with Crippen LogP contribution in [0.4, 0.5) is 17.5 Å². The van der Waals surface area contributed by atoms with E-state index in [1.165, 1.54) is 11.0 Å². The second-order valence-corrected chi connectivity index (χ2v) is 9.93. The molecule has 210 valence electrons. The standard InChI is InChI=1S/C30H38N8O2/c1-23(37(4)27(39)12-10-18-36(2)3)29(40)32-17-7-5-6-11-25-22-33-30(35-28(25)38-19-8-9-20-38)34-26-15-13-24(21-31)14-16-26/h10,12-16,22-23H,5,7-9,17-20H2,1-4H3,(H,32,40)(H,33,34,35)/b12-10+/t23-/m0/s1. The highest BCUT2D eigenvalue weighted by atomic mass is 16.2. The summed E-state index contributed by atoms with van der Waals surface area (Å²) in [5, 5.41) is 15.1. The van der Waals surface area contributed by atoms with E-state index in [1.54, 1.807) is 38.4 Å². The van der Waals surface area contributed by atoms with Gasteiger partial charge in [0, 0.05) is 51.4 Å². The lowest BCUT2D eigenvalue weighted by molar-refractivity contribution is -0.135. The van der Waals surface area contributed by atoms with Gasteiger partial charge in [-0.05, 0) is 64.5 Å². The molecular formula is C30H38N8O2. The van der Waals surface area contributed by atoms with Gasteiger partial charge in [-0.1, -0.05) is 17.9 Å². The fourth-order valence-corrected chi connectivity index (χ4v) is 3.99. The molecule has 2 aromatic rings. The fraction of sp³-hybridized carbons (Fsp3) is 0.433. The Morgan fingerprint density at radius 3 is 2.58 bits per heavy atom. The molecule has 1 aliphatic rings. The molecule has 0 radical (unpaired) electrons. The van der Waals surface area contributed by atoms with Gasteiger partial charge in [-0.15, -0.1) is 0 Å². The Kier molecular flexibility index (Phi) is 11.5. The molecule has 0 bridgehead atoms. The molecule has 3 rings (SSSR count). The van der Waals surface area contributed by atoms with Crippen molar-refractivity contribution in [3.63, 3.8) is 0 Å². The number of amides is 2. The molecule has 2 N–H and O–H groups in total. The first-order valence-corrected chi connectivity index (χ1v) is 13.5. The number of carbonyl (C=O) groups excluding carboxylic acids is 2. The van der Waals surface area contributed by atoms with Crippen LogP contribution in [0.1, 0.15) is 43.7 Å². The Hall–Kier alpha value is -4.41. The van der Waals surface area contributed by atoms with Crippen LogP contribution in [0.5, 0.6) is 0 Å². The maximum absolute atomic E-state index is 12.5. The largest absolute Gasteiger partial charge is 0.355 e. The maximum atomic E-state index is 12.5. The van der Waals surface area contributed by atoms with E-state index < -0.39 is 6.04 Å². The van der Waals surface area contributed by atoms with Crippen LogP contribution in [0.2, 0.25) is 0 Å². The van der Waals surface area contributed by atoms with Crippen molar-refractivity contribution in [2.45, 2.75) is 38.6 Å². The second kappa shape index (κ2) is 15.2. The van der Waals surface area contributed by atoms with Gasteiger partial charge in [0.2, 0.25) is 17.8 Å². The molecule has 1 aromatic carbocycles. The van der Waals surface area contributed by atoms with Gasteiger partial charge in [-0.2, -0.15) is 10.2 Å². The lowest BCUT2D eigenvalue weighted by atomic mass is 10.2. The zero-order valence-electron chi connectivity index (χ0n) is 23.8. The Labute approximate surface area is 237 Å². The van der Waals surface area contributed by atoms with E-state index in [0.717, 1.165) is 43.0 Å². The van der Waals surface area contributed by atoms with Gasteiger partial charge in [0.05, 0.1) is 23.4 Å². The second-order valence-electron chi connectivity index (χ2n) is 9.93. The number of hydrogen-bond donors (Lipinski definition) is 2. The third-order valence-electron chi connectivity index (χ3n) is 6.48. The van der Waals surface area contributed by atoms with Crippen molar-refractivity contribution in [2.75, 3.05) is 57.5 Å². The van der Waals surface area contributed by atoms with Crippen LogP contribution >= 0.6 is 0 Å². The van der Waals surface area contributed by atoms with Gasteiger partial charge in [0.15, 0.2) is 0 Å². The lowest BCUT2D eigenvalue weighted by Gasteiger charge is -2.23. The Morgan fingerprint density at radius 2 is 1.90 bits per heavy atom. The van der Waals surface area contributed by atoms with Crippen molar-refractivity contribution in [1.82, 2.24) is 25.1 Å². The number of nitrogens with zero attached hydrogens (tertiary/aromatic N) is 6. The van der Waals surface area contributed by atoms with Crippen molar-refractivity contribution < 1.29 is 9.59 Å². The van der Waals surface area contributed by atoms with Crippen LogP contribution < -0.4 is 15.5 Å². The number of carbonyl (C=O) groups is 2. The molecule has 1 fully saturated rings. The number of benzene rings is 1. The summed E-state index contributed by atoms with van der Waals surface area (Å²) in [6, 6.07) is 8.68. The van der Waals surface area contributed by atoms with Gasteiger partial charge in [-0.25, -0.2) is 4.98 Å². The van der Waals surface area contributed by atoms with Gasteiger partial charge in [0.25, 0.3) is 0 Å². The first-order chi connectivity index (χ1) is 19.3. The van der Waals surface area contributed by atoms with Gasteiger partial charge >= 0.3 is 0 Å². The third-order valence-corrected chi connectivity index (χ3v) is 6.48. The van der Waals surface area contributed by atoms with Gasteiger partial charge < -0.3 is 25.3 Å². The summed E-state index contributed by atoms with van der Waals surface area (Å²) in [7, 11) is 5.48. The van der Waals surface area contributed by atoms with E-state index in [1.807, 2.05) is 31.1 Å². The van der Waals surface area contributed by atoms with Crippen LogP contribution in [0.3, 0.4) is 0 Å². The van der Waals surface area contributed by atoms with Crippen molar-refractivity contribution in [3.8, 4) is 17.9 Å². The van der Waals surface area contributed by atoms with Crippen LogP contribution in [-0.2, 0) is 9.59 Å². The summed E-state index contributed by atoms with van der Waals surface area (Å²) in [6.45, 7) is 4.70. The first kappa shape index (κ1) is 30.1. The summed E-state index contributed by atoms with van der Waals surface area (Å²) in [5.74, 6) is 7.29. The topological polar surface area (TPSA) is 117 Å². The van der Waals surface area contributed by atoms with E-state index in [9.17, 15) is 9.59 Å². The highest BCUT2D eigenvalue weighted by Gasteiger charge is 2.20. The molecule has 0 saturated carbocycles. The zero-order valence-corrected chi connectivity index (χ0v) is 23.8. The Bertz CT molecular complexity index is 1280. The average molecular weight is 543 g/mol. The fourth-order valence-electron chi connectivity index (χ4n) is 3.99. The minimum absolute atomic E-state index is 0.195. The average Bonchev–Trinajstić information content (AvgIpc) is 3.49. The number of nitrogens with one attached hydrogen (secondary N) is 2. The van der Waals surface area contributed by atoms with Gasteiger partial charge in [0.1, 0.15) is 11.9 Å². The minimum Gasteiger partial charge on any atom is -0.355 e. The van der Waals surface area contributed by atoms with Crippen LogP contribution in [0, 0.1) is 23.2 Å². The molecular weight excluding hydrogens is 504 g/mol. The van der Waals surface area contributed by atoms with Crippen LogP contribution in [-0.4, -0.2) is 84.9 Å². The summed E-state index contributed by atoms with van der Waals surface area (Å²) in [5.41, 5.74) is 2.17.